The Labute approximate surface area is 118 Å². The molecule has 3 nitrogen and oxygen atoms in total. The molecule has 3 rings (SSSR count). The molecule has 3 aliphatic rings. The summed E-state index contributed by atoms with van der Waals surface area (Å²) in [4.78, 5) is 2.74. The molecule has 2 saturated heterocycles. The van der Waals surface area contributed by atoms with Crippen molar-refractivity contribution < 1.29 is 4.74 Å². The zero-order chi connectivity index (χ0) is 12.9. The first-order valence-electron chi connectivity index (χ1n) is 8.50. The molecule has 3 heteroatoms. The molecular weight excluding hydrogens is 236 g/mol. The van der Waals surface area contributed by atoms with Gasteiger partial charge in [0.05, 0.1) is 12.7 Å². The molecule has 0 bridgehead atoms. The maximum Gasteiger partial charge on any atom is 0.0730 e. The second kappa shape index (κ2) is 7.05. The molecule has 3 atom stereocenters. The second-order valence-corrected chi connectivity index (χ2v) is 6.65. The van der Waals surface area contributed by atoms with Crippen LogP contribution in [0.4, 0.5) is 0 Å². The third kappa shape index (κ3) is 3.71. The van der Waals surface area contributed by atoms with Gasteiger partial charge >= 0.3 is 0 Å². The number of fused-ring (bicyclic) bond motifs is 1. The fraction of sp³-hybridized carbons (Fsp3) is 1.00. The van der Waals surface area contributed by atoms with Crippen molar-refractivity contribution in [3.63, 3.8) is 0 Å². The number of nitrogens with zero attached hydrogens (tertiary/aromatic N) is 1. The summed E-state index contributed by atoms with van der Waals surface area (Å²) in [5, 5.41) is 3.53. The molecule has 0 spiro atoms. The Morgan fingerprint density at radius 2 is 2.05 bits per heavy atom. The Kier molecular flexibility index (Phi) is 5.14. The molecule has 0 radical (unpaired) electrons. The summed E-state index contributed by atoms with van der Waals surface area (Å²) in [6.07, 6.45) is 11.6. The lowest BCUT2D eigenvalue weighted by Gasteiger charge is -2.44. The minimum atomic E-state index is 0.554. The zero-order valence-corrected chi connectivity index (χ0v) is 12.3. The normalized spacial score (nSPS) is 36.9. The summed E-state index contributed by atoms with van der Waals surface area (Å²) < 4.78 is 5.96. The van der Waals surface area contributed by atoms with Crippen LogP contribution in [-0.4, -0.2) is 49.8 Å². The van der Waals surface area contributed by atoms with Gasteiger partial charge in [-0.15, -0.1) is 0 Å². The van der Waals surface area contributed by atoms with Gasteiger partial charge in [0.15, 0.2) is 0 Å². The molecule has 2 heterocycles. The summed E-state index contributed by atoms with van der Waals surface area (Å²) in [6, 6.07) is 0.743. The molecule has 3 fully saturated rings. The Morgan fingerprint density at radius 3 is 2.95 bits per heavy atom. The first-order chi connectivity index (χ1) is 9.43. The summed E-state index contributed by atoms with van der Waals surface area (Å²) in [5.74, 6) is 0.942. The fourth-order valence-corrected chi connectivity index (χ4v) is 4.21. The van der Waals surface area contributed by atoms with Crippen LogP contribution in [0.15, 0.2) is 0 Å². The van der Waals surface area contributed by atoms with Gasteiger partial charge in [-0.1, -0.05) is 12.8 Å². The molecular formula is C16H30N2O. The van der Waals surface area contributed by atoms with E-state index in [1.54, 1.807) is 0 Å². The topological polar surface area (TPSA) is 24.5 Å². The maximum atomic E-state index is 5.96. The van der Waals surface area contributed by atoms with Crippen molar-refractivity contribution in [1.82, 2.24) is 10.2 Å². The predicted octanol–water partition coefficient (Wildman–Crippen LogP) is 2.41. The highest BCUT2D eigenvalue weighted by molar-refractivity contribution is 4.87. The largest absolute Gasteiger partial charge is 0.375 e. The van der Waals surface area contributed by atoms with Crippen LogP contribution in [0.5, 0.6) is 0 Å². The quantitative estimate of drug-likeness (QED) is 0.846. The maximum absolute atomic E-state index is 5.96. The van der Waals surface area contributed by atoms with Gasteiger partial charge in [0.25, 0.3) is 0 Å². The highest BCUT2D eigenvalue weighted by atomic mass is 16.5. The highest BCUT2D eigenvalue weighted by Crippen LogP contribution is 2.28. The Balaban J connectivity index is 1.40. The van der Waals surface area contributed by atoms with Crippen LogP contribution in [-0.2, 0) is 4.74 Å². The molecule has 3 unspecified atom stereocenters. The van der Waals surface area contributed by atoms with Gasteiger partial charge in [-0.05, 0) is 64.1 Å². The zero-order valence-electron chi connectivity index (χ0n) is 12.3. The van der Waals surface area contributed by atoms with Crippen molar-refractivity contribution >= 4 is 0 Å². The first kappa shape index (κ1) is 13.8. The Hall–Kier alpha value is -0.120. The van der Waals surface area contributed by atoms with E-state index < -0.39 is 0 Å². The lowest BCUT2D eigenvalue weighted by Crippen LogP contribution is -2.52. The van der Waals surface area contributed by atoms with Crippen LogP contribution < -0.4 is 5.32 Å². The molecule has 2 aliphatic heterocycles. The predicted molar refractivity (Wildman–Crippen MR) is 78.4 cm³/mol. The molecule has 1 N–H and O–H groups in total. The van der Waals surface area contributed by atoms with E-state index in [-0.39, 0.29) is 0 Å². The number of hydrogen-bond donors (Lipinski definition) is 1. The number of hydrogen-bond acceptors (Lipinski definition) is 3. The van der Waals surface area contributed by atoms with E-state index in [1.165, 1.54) is 77.5 Å². The van der Waals surface area contributed by atoms with Crippen molar-refractivity contribution in [1.29, 1.82) is 0 Å². The molecule has 1 saturated carbocycles. The number of piperidine rings is 1. The minimum Gasteiger partial charge on any atom is -0.375 e. The highest BCUT2D eigenvalue weighted by Gasteiger charge is 2.33. The third-order valence-corrected chi connectivity index (χ3v) is 5.30. The summed E-state index contributed by atoms with van der Waals surface area (Å²) in [7, 11) is 0. The van der Waals surface area contributed by atoms with Gasteiger partial charge in [-0.25, -0.2) is 0 Å². The van der Waals surface area contributed by atoms with Crippen LogP contribution in [0, 0.1) is 5.92 Å². The summed E-state index contributed by atoms with van der Waals surface area (Å²) in [5.41, 5.74) is 0. The molecule has 0 aromatic heterocycles. The van der Waals surface area contributed by atoms with Crippen LogP contribution in [0.25, 0.3) is 0 Å². The van der Waals surface area contributed by atoms with E-state index in [2.05, 4.69) is 10.2 Å². The number of morpholine rings is 1. The summed E-state index contributed by atoms with van der Waals surface area (Å²) in [6.45, 7) is 5.94. The summed E-state index contributed by atoms with van der Waals surface area (Å²) >= 11 is 0. The molecule has 0 aromatic carbocycles. The minimum absolute atomic E-state index is 0.554. The van der Waals surface area contributed by atoms with Crippen molar-refractivity contribution in [2.75, 3.05) is 32.8 Å². The van der Waals surface area contributed by atoms with Crippen molar-refractivity contribution in [2.45, 2.75) is 63.5 Å². The van der Waals surface area contributed by atoms with Gasteiger partial charge in [-0.2, -0.15) is 0 Å². The fourth-order valence-electron chi connectivity index (χ4n) is 4.21. The van der Waals surface area contributed by atoms with E-state index in [9.17, 15) is 0 Å². The van der Waals surface area contributed by atoms with Crippen molar-refractivity contribution in [3.8, 4) is 0 Å². The Morgan fingerprint density at radius 1 is 1.11 bits per heavy atom. The van der Waals surface area contributed by atoms with E-state index in [0.717, 1.165) is 18.6 Å². The van der Waals surface area contributed by atoms with Crippen LogP contribution in [0.3, 0.4) is 0 Å². The lowest BCUT2D eigenvalue weighted by atomic mass is 9.89. The molecule has 0 amide bonds. The standard InChI is InChI=1S/C16H30N2O/c1-2-8-16-15(7-1)18(11-12-19-16)10-4-6-14-5-3-9-17-13-14/h14-17H,1-13H2. The van der Waals surface area contributed by atoms with Gasteiger partial charge < -0.3 is 10.1 Å². The molecule has 19 heavy (non-hydrogen) atoms. The van der Waals surface area contributed by atoms with Crippen LogP contribution in [0.2, 0.25) is 0 Å². The molecule has 1 aliphatic carbocycles. The molecule has 0 aromatic rings. The Bertz CT molecular complexity index is 263. The monoisotopic (exact) mass is 266 g/mol. The average Bonchev–Trinajstić information content (AvgIpc) is 2.49. The third-order valence-electron chi connectivity index (χ3n) is 5.30. The van der Waals surface area contributed by atoms with E-state index >= 15 is 0 Å². The van der Waals surface area contributed by atoms with E-state index in [0.29, 0.717) is 6.10 Å². The second-order valence-electron chi connectivity index (χ2n) is 6.65. The van der Waals surface area contributed by atoms with E-state index in [1.807, 2.05) is 0 Å². The van der Waals surface area contributed by atoms with Gasteiger partial charge in [-0.3, -0.25) is 4.90 Å². The van der Waals surface area contributed by atoms with Gasteiger partial charge in [0.2, 0.25) is 0 Å². The number of nitrogens with one attached hydrogen (secondary N) is 1. The average molecular weight is 266 g/mol. The smallest absolute Gasteiger partial charge is 0.0730 e. The number of ether oxygens (including phenoxy) is 1. The lowest BCUT2D eigenvalue weighted by molar-refractivity contribution is -0.0884. The molecule has 110 valence electrons. The van der Waals surface area contributed by atoms with Crippen molar-refractivity contribution in [3.05, 3.63) is 0 Å². The van der Waals surface area contributed by atoms with Gasteiger partial charge in [0.1, 0.15) is 0 Å². The SMILES string of the molecule is C1CNCC(CCCN2CCOC3CCCCC32)C1. The van der Waals surface area contributed by atoms with E-state index in [4.69, 9.17) is 4.74 Å². The van der Waals surface area contributed by atoms with Crippen LogP contribution in [0.1, 0.15) is 51.4 Å². The first-order valence-corrected chi connectivity index (χ1v) is 8.50. The number of rotatable bonds is 4. The van der Waals surface area contributed by atoms with Crippen molar-refractivity contribution in [2.24, 2.45) is 5.92 Å². The van der Waals surface area contributed by atoms with Gasteiger partial charge in [0, 0.05) is 12.6 Å². The van der Waals surface area contributed by atoms with Crippen LogP contribution >= 0.6 is 0 Å².